The third-order valence-electron chi connectivity index (χ3n) is 11.0. The molecule has 0 radical (unpaired) electrons. The van der Waals surface area contributed by atoms with Crippen molar-refractivity contribution in [2.45, 2.75) is 0 Å². The Morgan fingerprint density at radius 1 is 0.327 bits per heavy atom. The summed E-state index contributed by atoms with van der Waals surface area (Å²) in [5, 5.41) is 8.57. The Kier molecular flexibility index (Phi) is 7.17. The normalized spacial score (nSPS) is 11.6. The second-order valence-corrected chi connectivity index (χ2v) is 14.2. The van der Waals surface area contributed by atoms with E-state index < -0.39 is 0 Å². The second-order valence-electron chi connectivity index (χ2n) is 14.2. The van der Waals surface area contributed by atoms with Gasteiger partial charge in [0, 0.05) is 33.0 Å². The van der Waals surface area contributed by atoms with Gasteiger partial charge in [0.25, 0.3) is 0 Å². The van der Waals surface area contributed by atoms with E-state index in [-0.39, 0.29) is 0 Å². The third-order valence-corrected chi connectivity index (χ3v) is 11.0. The van der Waals surface area contributed by atoms with Gasteiger partial charge in [-0.2, -0.15) is 0 Å². The SMILES string of the molecule is c1ccc(-c2ccc(-c3ccc(-c4nc(-c5cccc(-n6c7ccc8ccccc8c7c7c8ccccc8ccc76)c5)nc5ccccc45)cc3)cc2)cc1. The van der Waals surface area contributed by atoms with E-state index in [1.54, 1.807) is 0 Å². The van der Waals surface area contributed by atoms with E-state index in [1.165, 1.54) is 65.6 Å². The summed E-state index contributed by atoms with van der Waals surface area (Å²) in [7, 11) is 0. The first kappa shape index (κ1) is 31.2. The van der Waals surface area contributed by atoms with Crippen LogP contribution >= 0.6 is 0 Å². The van der Waals surface area contributed by atoms with Gasteiger partial charge in [0.05, 0.1) is 22.2 Å². The third kappa shape index (κ3) is 5.20. The average Bonchev–Trinajstić information content (AvgIpc) is 3.62. The molecule has 0 bridgehead atoms. The van der Waals surface area contributed by atoms with E-state index in [0.717, 1.165) is 33.4 Å². The van der Waals surface area contributed by atoms with Gasteiger partial charge in [-0.3, -0.25) is 0 Å². The van der Waals surface area contributed by atoms with Gasteiger partial charge in [-0.1, -0.05) is 170 Å². The lowest BCUT2D eigenvalue weighted by molar-refractivity contribution is 1.17. The molecule has 11 aromatic rings. The van der Waals surface area contributed by atoms with Gasteiger partial charge in [-0.05, 0) is 74.1 Å². The van der Waals surface area contributed by atoms with Gasteiger partial charge in [0.15, 0.2) is 5.82 Å². The van der Waals surface area contributed by atoms with Crippen molar-refractivity contribution in [3.8, 4) is 50.6 Å². The summed E-state index contributed by atoms with van der Waals surface area (Å²) in [6, 6.07) is 71.5. The van der Waals surface area contributed by atoms with Crippen LogP contribution in [0.2, 0.25) is 0 Å². The molecule has 0 saturated heterocycles. The largest absolute Gasteiger partial charge is 0.309 e. The van der Waals surface area contributed by atoms with Crippen LogP contribution in [-0.4, -0.2) is 14.5 Å². The van der Waals surface area contributed by atoms with Crippen LogP contribution in [0.25, 0.3) is 105 Å². The standard InChI is InChI=1S/C52H33N3/c1-2-11-34(12-3-1)35-21-23-36(24-22-35)37-25-27-40(28-26-37)51-45-19-8-9-20-46(45)53-52(54-51)41-15-10-16-42(33-41)55-47-31-29-38-13-4-6-17-43(38)49(47)50-44-18-7-5-14-39(44)30-32-48(50)55/h1-33H. The number of rotatable bonds is 5. The highest BCUT2D eigenvalue weighted by molar-refractivity contribution is 6.28. The zero-order valence-electron chi connectivity index (χ0n) is 29.9. The summed E-state index contributed by atoms with van der Waals surface area (Å²) in [6.07, 6.45) is 0. The summed E-state index contributed by atoms with van der Waals surface area (Å²) in [5.41, 5.74) is 12.1. The van der Waals surface area contributed by atoms with Gasteiger partial charge in [-0.15, -0.1) is 0 Å². The van der Waals surface area contributed by atoms with E-state index in [4.69, 9.17) is 9.97 Å². The molecule has 3 heteroatoms. The van der Waals surface area contributed by atoms with Crippen molar-refractivity contribution >= 4 is 54.3 Å². The highest BCUT2D eigenvalue weighted by atomic mass is 15.0. The molecule has 0 N–H and O–H groups in total. The predicted octanol–water partition coefficient (Wildman–Crippen LogP) is 13.7. The predicted molar refractivity (Wildman–Crippen MR) is 231 cm³/mol. The molecule has 0 amide bonds. The van der Waals surface area contributed by atoms with Crippen LogP contribution in [0.5, 0.6) is 0 Å². The lowest BCUT2D eigenvalue weighted by Crippen LogP contribution is -1.98. The lowest BCUT2D eigenvalue weighted by atomic mass is 9.98. The molecule has 9 aromatic carbocycles. The van der Waals surface area contributed by atoms with Gasteiger partial charge >= 0.3 is 0 Å². The number of nitrogens with zero attached hydrogens (tertiary/aromatic N) is 3. The van der Waals surface area contributed by atoms with Crippen LogP contribution in [0, 0.1) is 0 Å². The lowest BCUT2D eigenvalue weighted by Gasteiger charge is -2.13. The Bertz CT molecular complexity index is 3140. The van der Waals surface area contributed by atoms with E-state index in [9.17, 15) is 0 Å². The van der Waals surface area contributed by atoms with Crippen molar-refractivity contribution in [1.29, 1.82) is 0 Å². The van der Waals surface area contributed by atoms with Crippen LogP contribution < -0.4 is 0 Å². The fourth-order valence-corrected chi connectivity index (χ4v) is 8.34. The van der Waals surface area contributed by atoms with E-state index >= 15 is 0 Å². The van der Waals surface area contributed by atoms with Gasteiger partial charge in [0.1, 0.15) is 0 Å². The average molecular weight is 700 g/mol. The molecule has 0 unspecified atom stereocenters. The Morgan fingerprint density at radius 2 is 0.818 bits per heavy atom. The molecular formula is C52H33N3. The first-order chi connectivity index (χ1) is 27.3. The fourth-order valence-electron chi connectivity index (χ4n) is 8.34. The zero-order chi connectivity index (χ0) is 36.3. The topological polar surface area (TPSA) is 30.7 Å². The number of aromatic nitrogens is 3. The number of hydrogen-bond donors (Lipinski definition) is 0. The van der Waals surface area contributed by atoms with Gasteiger partial charge in [-0.25, -0.2) is 9.97 Å². The van der Waals surface area contributed by atoms with Crippen LogP contribution in [0.4, 0.5) is 0 Å². The Labute approximate surface area is 318 Å². The van der Waals surface area contributed by atoms with Crippen LogP contribution in [0.1, 0.15) is 0 Å². The maximum Gasteiger partial charge on any atom is 0.160 e. The van der Waals surface area contributed by atoms with Gasteiger partial charge in [0.2, 0.25) is 0 Å². The van der Waals surface area contributed by atoms with E-state index in [2.05, 4.69) is 199 Å². The molecule has 3 nitrogen and oxygen atoms in total. The number of fused-ring (bicyclic) bond motifs is 8. The quantitative estimate of drug-likeness (QED) is 0.179. The van der Waals surface area contributed by atoms with Crippen LogP contribution in [0.3, 0.4) is 0 Å². The van der Waals surface area contributed by atoms with Crippen molar-refractivity contribution in [3.63, 3.8) is 0 Å². The highest BCUT2D eigenvalue weighted by Gasteiger charge is 2.18. The van der Waals surface area contributed by atoms with Crippen molar-refractivity contribution < 1.29 is 0 Å². The van der Waals surface area contributed by atoms with Crippen molar-refractivity contribution in [2.24, 2.45) is 0 Å². The molecule has 2 heterocycles. The maximum atomic E-state index is 5.30. The summed E-state index contributed by atoms with van der Waals surface area (Å²) < 4.78 is 2.40. The molecule has 256 valence electrons. The number of para-hydroxylation sites is 1. The van der Waals surface area contributed by atoms with E-state index in [0.29, 0.717) is 5.82 Å². The van der Waals surface area contributed by atoms with Crippen molar-refractivity contribution in [1.82, 2.24) is 14.5 Å². The summed E-state index contributed by atoms with van der Waals surface area (Å²) in [5.74, 6) is 0.702. The molecule has 55 heavy (non-hydrogen) atoms. The first-order valence-corrected chi connectivity index (χ1v) is 18.7. The second kappa shape index (κ2) is 12.6. The summed E-state index contributed by atoms with van der Waals surface area (Å²) >= 11 is 0. The minimum absolute atomic E-state index is 0.702. The molecule has 0 fully saturated rings. The Hall–Kier alpha value is -7.36. The Morgan fingerprint density at radius 3 is 1.44 bits per heavy atom. The molecule has 0 aliphatic rings. The molecule has 0 aliphatic carbocycles. The van der Waals surface area contributed by atoms with Crippen LogP contribution in [-0.2, 0) is 0 Å². The highest BCUT2D eigenvalue weighted by Crippen LogP contribution is 2.41. The molecular weight excluding hydrogens is 667 g/mol. The molecule has 2 aromatic heterocycles. The van der Waals surface area contributed by atoms with Gasteiger partial charge < -0.3 is 4.57 Å². The summed E-state index contributed by atoms with van der Waals surface area (Å²) in [4.78, 5) is 10.4. The molecule has 0 atom stereocenters. The Balaban J connectivity index is 1.03. The smallest absolute Gasteiger partial charge is 0.160 e. The molecule has 11 rings (SSSR count). The van der Waals surface area contributed by atoms with Crippen molar-refractivity contribution in [2.75, 3.05) is 0 Å². The molecule has 0 saturated carbocycles. The maximum absolute atomic E-state index is 5.30. The molecule has 0 spiro atoms. The monoisotopic (exact) mass is 699 g/mol. The zero-order valence-corrected chi connectivity index (χ0v) is 29.9. The summed E-state index contributed by atoms with van der Waals surface area (Å²) in [6.45, 7) is 0. The number of benzene rings is 9. The minimum Gasteiger partial charge on any atom is -0.309 e. The number of hydrogen-bond acceptors (Lipinski definition) is 2. The first-order valence-electron chi connectivity index (χ1n) is 18.7. The fraction of sp³-hybridized carbons (Fsp3) is 0. The minimum atomic E-state index is 0.702. The molecule has 0 aliphatic heterocycles. The van der Waals surface area contributed by atoms with Crippen molar-refractivity contribution in [3.05, 3.63) is 200 Å². The van der Waals surface area contributed by atoms with E-state index in [1.807, 2.05) is 6.07 Å². The van der Waals surface area contributed by atoms with Crippen LogP contribution in [0.15, 0.2) is 200 Å².